The van der Waals surface area contributed by atoms with Crippen LogP contribution in [0.4, 0.5) is 10.5 Å². The number of hydrogen-bond donors (Lipinski definition) is 2. The van der Waals surface area contributed by atoms with Crippen molar-refractivity contribution < 1.29 is 24.2 Å². The highest BCUT2D eigenvalue weighted by Gasteiger charge is 2.21. The van der Waals surface area contributed by atoms with Gasteiger partial charge in [0.15, 0.2) is 0 Å². The number of amides is 2. The number of carbonyl (C=O) groups is 3. The van der Waals surface area contributed by atoms with Gasteiger partial charge in [-0.05, 0) is 24.3 Å². The maximum Gasteiger partial charge on any atom is 0.409 e. The standard InChI is InChI=1S/C17H18N4O5/c1-26-17(25)21-8-6-20(7-9-21)11-13(10-18)15(22)19-14-4-2-12(3-5-14)16(23)24/h2-5,11H,6-9H2,1H3,(H,19,22)(H,23,24)/b13-11-. The fraction of sp³-hybridized carbons (Fsp3) is 0.294. The van der Waals surface area contributed by atoms with Crippen LogP contribution in [0.1, 0.15) is 10.4 Å². The normalized spacial score (nSPS) is 14.4. The van der Waals surface area contributed by atoms with Crippen molar-refractivity contribution in [1.82, 2.24) is 9.80 Å². The molecule has 1 fully saturated rings. The molecule has 136 valence electrons. The second-order valence-electron chi connectivity index (χ2n) is 5.48. The lowest BCUT2D eigenvalue weighted by molar-refractivity contribution is -0.112. The van der Waals surface area contributed by atoms with Gasteiger partial charge in [0.05, 0.1) is 12.7 Å². The lowest BCUT2D eigenvalue weighted by Crippen LogP contribution is -2.47. The summed E-state index contributed by atoms with van der Waals surface area (Å²) >= 11 is 0. The van der Waals surface area contributed by atoms with Crippen molar-refractivity contribution in [3.8, 4) is 6.07 Å². The molecule has 9 heteroatoms. The Morgan fingerprint density at radius 3 is 2.31 bits per heavy atom. The van der Waals surface area contributed by atoms with Gasteiger partial charge >= 0.3 is 12.1 Å². The highest BCUT2D eigenvalue weighted by atomic mass is 16.5. The number of carboxylic acids is 1. The van der Waals surface area contributed by atoms with Gasteiger partial charge in [-0.15, -0.1) is 0 Å². The smallest absolute Gasteiger partial charge is 0.409 e. The zero-order valence-electron chi connectivity index (χ0n) is 14.1. The Morgan fingerprint density at radius 2 is 1.81 bits per heavy atom. The molecule has 1 heterocycles. The summed E-state index contributed by atoms with van der Waals surface area (Å²) in [5.74, 6) is -1.66. The Kier molecular flexibility index (Phi) is 6.16. The van der Waals surface area contributed by atoms with Crippen molar-refractivity contribution in [2.45, 2.75) is 0 Å². The molecule has 0 aliphatic carbocycles. The van der Waals surface area contributed by atoms with Crippen molar-refractivity contribution in [2.24, 2.45) is 0 Å². The number of aromatic carboxylic acids is 1. The average Bonchev–Trinajstić information content (AvgIpc) is 2.66. The Bertz CT molecular complexity index is 758. The van der Waals surface area contributed by atoms with Crippen LogP contribution in [0.5, 0.6) is 0 Å². The van der Waals surface area contributed by atoms with Gasteiger partial charge < -0.3 is 25.0 Å². The Morgan fingerprint density at radius 1 is 1.19 bits per heavy atom. The van der Waals surface area contributed by atoms with Crippen LogP contribution in [0.25, 0.3) is 0 Å². The van der Waals surface area contributed by atoms with Crippen LogP contribution in [0, 0.1) is 11.3 Å². The van der Waals surface area contributed by atoms with Gasteiger partial charge in [0, 0.05) is 38.1 Å². The van der Waals surface area contributed by atoms with Gasteiger partial charge in [-0.3, -0.25) is 4.79 Å². The highest BCUT2D eigenvalue weighted by Crippen LogP contribution is 2.12. The van der Waals surface area contributed by atoms with Gasteiger partial charge in [-0.2, -0.15) is 5.26 Å². The molecule has 0 bridgehead atoms. The van der Waals surface area contributed by atoms with E-state index in [0.717, 1.165) is 0 Å². The molecule has 0 spiro atoms. The summed E-state index contributed by atoms with van der Waals surface area (Å²) < 4.78 is 4.65. The minimum atomic E-state index is -1.06. The van der Waals surface area contributed by atoms with Gasteiger partial charge in [0.25, 0.3) is 5.91 Å². The molecule has 1 aromatic rings. The Labute approximate surface area is 150 Å². The molecule has 1 saturated heterocycles. The summed E-state index contributed by atoms with van der Waals surface area (Å²) in [4.78, 5) is 37.8. The lowest BCUT2D eigenvalue weighted by atomic mass is 10.2. The van der Waals surface area contributed by atoms with E-state index < -0.39 is 18.0 Å². The summed E-state index contributed by atoms with van der Waals surface area (Å²) in [7, 11) is 1.32. The fourth-order valence-corrected chi connectivity index (χ4v) is 2.38. The SMILES string of the molecule is COC(=O)N1CCN(/C=C(/C#N)C(=O)Nc2ccc(C(=O)O)cc2)CC1. The van der Waals surface area contributed by atoms with Crippen molar-refractivity contribution in [2.75, 3.05) is 38.6 Å². The molecule has 0 radical (unpaired) electrons. The third kappa shape index (κ3) is 4.73. The summed E-state index contributed by atoms with van der Waals surface area (Å²) in [6, 6.07) is 7.47. The molecule has 0 atom stereocenters. The number of carbonyl (C=O) groups excluding carboxylic acids is 2. The summed E-state index contributed by atoms with van der Waals surface area (Å²) in [5.41, 5.74) is 0.401. The summed E-state index contributed by atoms with van der Waals surface area (Å²) in [5, 5.41) is 20.6. The van der Waals surface area contributed by atoms with E-state index in [4.69, 9.17) is 5.11 Å². The molecule has 9 nitrogen and oxygen atoms in total. The molecule has 1 aliphatic rings. The number of anilines is 1. The third-order valence-electron chi connectivity index (χ3n) is 3.81. The number of hydrogen-bond acceptors (Lipinski definition) is 6. The first-order valence-electron chi connectivity index (χ1n) is 7.78. The van der Waals surface area contributed by atoms with Gasteiger partial charge in [0.2, 0.25) is 0 Å². The first kappa shape index (κ1) is 18.8. The number of ether oxygens (including phenoxy) is 1. The Hall–Kier alpha value is -3.54. The van der Waals surface area contributed by atoms with Crippen molar-refractivity contribution in [3.05, 3.63) is 41.6 Å². The first-order chi connectivity index (χ1) is 12.4. The van der Waals surface area contributed by atoms with Gasteiger partial charge in [-0.25, -0.2) is 9.59 Å². The number of benzene rings is 1. The fourth-order valence-electron chi connectivity index (χ4n) is 2.38. The van der Waals surface area contributed by atoms with Crippen molar-refractivity contribution in [3.63, 3.8) is 0 Å². The van der Waals surface area contributed by atoms with E-state index in [0.29, 0.717) is 31.9 Å². The van der Waals surface area contributed by atoms with Crippen LogP contribution in [0.3, 0.4) is 0 Å². The number of methoxy groups -OCH3 is 1. The largest absolute Gasteiger partial charge is 0.478 e. The minimum Gasteiger partial charge on any atom is -0.478 e. The molecule has 0 aromatic heterocycles. The molecule has 1 aromatic carbocycles. The molecule has 26 heavy (non-hydrogen) atoms. The number of nitrogens with one attached hydrogen (secondary N) is 1. The van der Waals surface area contributed by atoms with Gasteiger partial charge in [-0.1, -0.05) is 0 Å². The molecule has 1 aliphatic heterocycles. The molecule has 2 rings (SSSR count). The van der Waals surface area contributed by atoms with Crippen LogP contribution in [-0.2, 0) is 9.53 Å². The Balaban J connectivity index is 1.98. The molecular formula is C17H18N4O5. The van der Waals surface area contributed by atoms with E-state index in [1.165, 1.54) is 37.6 Å². The molecule has 2 N–H and O–H groups in total. The zero-order chi connectivity index (χ0) is 19.1. The number of carboxylic acid groups (broad SMARTS) is 1. The zero-order valence-corrected chi connectivity index (χ0v) is 14.1. The van der Waals surface area contributed by atoms with E-state index >= 15 is 0 Å². The van der Waals surface area contributed by atoms with Crippen LogP contribution in [0.15, 0.2) is 36.0 Å². The van der Waals surface area contributed by atoms with Crippen LogP contribution < -0.4 is 5.32 Å². The van der Waals surface area contributed by atoms with Gasteiger partial charge in [0.1, 0.15) is 11.6 Å². The summed E-state index contributed by atoms with van der Waals surface area (Å²) in [6.07, 6.45) is 1.05. The van der Waals surface area contributed by atoms with Crippen LogP contribution in [0.2, 0.25) is 0 Å². The predicted octanol–water partition coefficient (Wildman–Crippen LogP) is 1.11. The number of piperazine rings is 1. The van der Waals surface area contributed by atoms with Crippen LogP contribution in [-0.4, -0.2) is 66.2 Å². The van der Waals surface area contributed by atoms with E-state index in [9.17, 15) is 19.6 Å². The maximum atomic E-state index is 12.2. The predicted molar refractivity (Wildman–Crippen MR) is 91.3 cm³/mol. The highest BCUT2D eigenvalue weighted by molar-refractivity contribution is 6.06. The summed E-state index contributed by atoms with van der Waals surface area (Å²) in [6.45, 7) is 1.81. The molecule has 0 saturated carbocycles. The quantitative estimate of drug-likeness (QED) is 0.610. The van der Waals surface area contributed by atoms with Crippen molar-refractivity contribution >= 4 is 23.7 Å². The molecular weight excluding hydrogens is 340 g/mol. The molecule has 2 amide bonds. The third-order valence-corrected chi connectivity index (χ3v) is 3.81. The minimum absolute atomic E-state index is 0.0844. The molecule has 0 unspecified atom stereocenters. The topological polar surface area (TPSA) is 123 Å². The second-order valence-corrected chi connectivity index (χ2v) is 5.48. The second kappa shape index (κ2) is 8.53. The number of nitriles is 1. The number of nitrogens with zero attached hydrogens (tertiary/aromatic N) is 3. The van der Waals surface area contributed by atoms with E-state index in [2.05, 4.69) is 10.1 Å². The maximum absolute atomic E-state index is 12.2. The number of rotatable bonds is 4. The average molecular weight is 358 g/mol. The van der Waals surface area contributed by atoms with Crippen LogP contribution >= 0.6 is 0 Å². The monoisotopic (exact) mass is 358 g/mol. The van der Waals surface area contributed by atoms with E-state index in [1.54, 1.807) is 9.80 Å². The van der Waals surface area contributed by atoms with E-state index in [1.807, 2.05) is 6.07 Å². The first-order valence-corrected chi connectivity index (χ1v) is 7.78. The lowest BCUT2D eigenvalue weighted by Gasteiger charge is -2.33. The van der Waals surface area contributed by atoms with E-state index in [-0.39, 0.29) is 11.1 Å². The van der Waals surface area contributed by atoms with Crippen molar-refractivity contribution in [1.29, 1.82) is 5.26 Å².